The summed E-state index contributed by atoms with van der Waals surface area (Å²) in [5.41, 5.74) is 5.28. The van der Waals surface area contributed by atoms with Crippen molar-refractivity contribution < 1.29 is 0 Å². The summed E-state index contributed by atoms with van der Waals surface area (Å²) in [4.78, 5) is 30.4. The molecule has 8 aromatic carbocycles. The molecule has 0 aliphatic heterocycles. The first-order valence-corrected chi connectivity index (χ1v) is 22.3. The number of benzene rings is 8. The second-order valence-corrected chi connectivity index (χ2v) is 18.5. The Labute approximate surface area is 356 Å². The maximum absolute atomic E-state index is 5.25. The van der Waals surface area contributed by atoms with E-state index in [0.29, 0.717) is 34.9 Å². The highest BCUT2D eigenvalue weighted by Crippen LogP contribution is 2.29. The van der Waals surface area contributed by atoms with Crippen molar-refractivity contribution in [1.29, 1.82) is 0 Å². The predicted octanol–water partition coefficient (Wildman–Crippen LogP) is 9.44. The second kappa shape index (κ2) is 16.7. The molecule has 2 heterocycles. The molecule has 0 saturated carbocycles. The summed E-state index contributed by atoms with van der Waals surface area (Å²) >= 11 is 0. The summed E-state index contributed by atoms with van der Waals surface area (Å²) in [6.45, 7) is 0. The number of hydrogen-bond donors (Lipinski definition) is 0. The first-order valence-electron chi connectivity index (χ1n) is 20.3. The van der Waals surface area contributed by atoms with Gasteiger partial charge in [0.25, 0.3) is 0 Å². The minimum atomic E-state index is -2.81. The third kappa shape index (κ3) is 7.46. The van der Waals surface area contributed by atoms with Gasteiger partial charge in [-0.3, -0.25) is 0 Å². The van der Waals surface area contributed by atoms with Gasteiger partial charge in [0.15, 0.2) is 43.0 Å². The Balaban J connectivity index is 1.14. The molecule has 10 rings (SSSR count). The zero-order chi connectivity index (χ0) is 40.9. The fourth-order valence-electron chi connectivity index (χ4n) is 8.04. The van der Waals surface area contributed by atoms with E-state index in [1.165, 1.54) is 20.7 Å². The van der Waals surface area contributed by atoms with Crippen molar-refractivity contribution in [3.8, 4) is 68.3 Å². The zero-order valence-corrected chi connectivity index (χ0v) is 34.1. The standard InChI is InChI=1S/C54H38N6Si/c1-7-21-39(22-8-1)49-55-50(40-23-9-2-10-24-40)57-52(56-49)42-27-19-28-43(37-42)53-58-51(41-25-11-3-12-26-41)59-54(60-53)44-29-20-36-48(38-44)61(45-30-13-4-14-31-45,46-32-15-5-16-33-46)47-34-17-6-18-35-47/h1-38H. The van der Waals surface area contributed by atoms with Gasteiger partial charge in [-0.15, -0.1) is 0 Å². The highest BCUT2D eigenvalue weighted by atomic mass is 28.3. The van der Waals surface area contributed by atoms with Crippen LogP contribution >= 0.6 is 0 Å². The summed E-state index contributed by atoms with van der Waals surface area (Å²) in [7, 11) is -2.81. The summed E-state index contributed by atoms with van der Waals surface area (Å²) in [5, 5.41) is 5.13. The molecule has 10 aromatic rings. The average molecular weight is 799 g/mol. The number of nitrogens with zero attached hydrogens (tertiary/aromatic N) is 6. The predicted molar refractivity (Wildman–Crippen MR) is 249 cm³/mol. The van der Waals surface area contributed by atoms with E-state index < -0.39 is 8.07 Å². The molecule has 0 aliphatic carbocycles. The molecule has 0 saturated heterocycles. The van der Waals surface area contributed by atoms with Crippen LogP contribution < -0.4 is 20.7 Å². The van der Waals surface area contributed by atoms with Gasteiger partial charge in [-0.2, -0.15) is 0 Å². The fraction of sp³-hybridized carbons (Fsp3) is 0. The van der Waals surface area contributed by atoms with Crippen molar-refractivity contribution in [3.63, 3.8) is 0 Å². The molecule has 0 amide bonds. The average Bonchev–Trinajstić information content (AvgIpc) is 3.36. The molecule has 0 radical (unpaired) electrons. The van der Waals surface area contributed by atoms with Crippen molar-refractivity contribution in [1.82, 2.24) is 29.9 Å². The molecule has 0 unspecified atom stereocenters. The van der Waals surface area contributed by atoms with E-state index in [1.54, 1.807) is 0 Å². The largest absolute Gasteiger partial charge is 0.208 e. The van der Waals surface area contributed by atoms with Crippen LogP contribution in [0, 0.1) is 0 Å². The molecule has 7 heteroatoms. The normalized spacial score (nSPS) is 11.3. The first kappa shape index (κ1) is 37.3. The molecule has 61 heavy (non-hydrogen) atoms. The maximum Gasteiger partial charge on any atom is 0.179 e. The molecule has 0 N–H and O–H groups in total. The van der Waals surface area contributed by atoms with Crippen LogP contribution in [0.2, 0.25) is 0 Å². The van der Waals surface area contributed by atoms with Crippen molar-refractivity contribution in [2.75, 3.05) is 0 Å². The second-order valence-electron chi connectivity index (χ2n) is 14.7. The van der Waals surface area contributed by atoms with E-state index in [2.05, 4.69) is 121 Å². The molecule has 6 nitrogen and oxygen atoms in total. The van der Waals surface area contributed by atoms with E-state index in [-0.39, 0.29) is 0 Å². The highest BCUT2D eigenvalue weighted by molar-refractivity contribution is 7.19. The molecule has 0 bridgehead atoms. The van der Waals surface area contributed by atoms with Crippen LogP contribution in [0.15, 0.2) is 231 Å². The molecule has 0 fully saturated rings. The number of rotatable bonds is 10. The summed E-state index contributed by atoms with van der Waals surface area (Å²) in [6.07, 6.45) is 0. The lowest BCUT2D eigenvalue weighted by atomic mass is 10.1. The minimum absolute atomic E-state index is 0.550. The number of aromatic nitrogens is 6. The topological polar surface area (TPSA) is 77.3 Å². The third-order valence-corrected chi connectivity index (χ3v) is 15.7. The van der Waals surface area contributed by atoms with Gasteiger partial charge in [-0.25, -0.2) is 29.9 Å². The van der Waals surface area contributed by atoms with Gasteiger partial charge in [-0.05, 0) is 26.8 Å². The van der Waals surface area contributed by atoms with Gasteiger partial charge in [0.2, 0.25) is 0 Å². The fourth-order valence-corrected chi connectivity index (χ4v) is 12.8. The molecule has 0 aliphatic rings. The van der Waals surface area contributed by atoms with E-state index in [1.807, 2.05) is 109 Å². The van der Waals surface area contributed by atoms with Gasteiger partial charge in [0, 0.05) is 33.4 Å². The lowest BCUT2D eigenvalue weighted by Crippen LogP contribution is -2.74. The first-order chi connectivity index (χ1) is 30.2. The highest BCUT2D eigenvalue weighted by Gasteiger charge is 2.41. The Bertz CT molecular complexity index is 2910. The lowest BCUT2D eigenvalue weighted by Gasteiger charge is -2.34. The van der Waals surface area contributed by atoms with Crippen LogP contribution in [0.3, 0.4) is 0 Å². The minimum Gasteiger partial charge on any atom is -0.208 e. The van der Waals surface area contributed by atoms with Gasteiger partial charge in [0.1, 0.15) is 0 Å². The van der Waals surface area contributed by atoms with Crippen LogP contribution in [-0.4, -0.2) is 38.0 Å². The van der Waals surface area contributed by atoms with Crippen molar-refractivity contribution >= 4 is 28.8 Å². The quantitative estimate of drug-likeness (QED) is 0.101. The Kier molecular flexibility index (Phi) is 10.2. The smallest absolute Gasteiger partial charge is 0.179 e. The molecule has 0 atom stereocenters. The Morgan fingerprint density at radius 2 is 0.426 bits per heavy atom. The Morgan fingerprint density at radius 1 is 0.197 bits per heavy atom. The summed E-state index contributed by atoms with van der Waals surface area (Å²) in [6, 6.07) is 79.8. The van der Waals surface area contributed by atoms with Crippen LogP contribution in [0.4, 0.5) is 0 Å². The SMILES string of the molecule is c1ccc(-c2nc(-c3ccccc3)nc(-c3cccc(-c4nc(-c5ccccc5)nc(-c5cccc([Si](c6ccccc6)(c6ccccc6)c6ccccc6)c5)n4)c3)n2)cc1. The van der Waals surface area contributed by atoms with E-state index in [9.17, 15) is 0 Å². The van der Waals surface area contributed by atoms with E-state index in [0.717, 1.165) is 33.4 Å². The monoisotopic (exact) mass is 798 g/mol. The summed E-state index contributed by atoms with van der Waals surface area (Å²) in [5.74, 6) is 3.49. The molecular weight excluding hydrogens is 761 g/mol. The van der Waals surface area contributed by atoms with Crippen molar-refractivity contribution in [2.45, 2.75) is 0 Å². The molecule has 0 spiro atoms. The van der Waals surface area contributed by atoms with Crippen LogP contribution in [0.1, 0.15) is 0 Å². The molecular formula is C54H38N6Si. The van der Waals surface area contributed by atoms with E-state index >= 15 is 0 Å². The maximum atomic E-state index is 5.25. The van der Waals surface area contributed by atoms with Crippen LogP contribution in [0.5, 0.6) is 0 Å². The Hall–Kier alpha value is -8.00. The van der Waals surface area contributed by atoms with Crippen molar-refractivity contribution in [2.24, 2.45) is 0 Å². The lowest BCUT2D eigenvalue weighted by molar-refractivity contribution is 1.07. The number of hydrogen-bond acceptors (Lipinski definition) is 6. The molecule has 288 valence electrons. The van der Waals surface area contributed by atoms with Crippen LogP contribution in [0.25, 0.3) is 68.3 Å². The van der Waals surface area contributed by atoms with Gasteiger partial charge < -0.3 is 0 Å². The van der Waals surface area contributed by atoms with E-state index in [4.69, 9.17) is 29.9 Å². The zero-order valence-electron chi connectivity index (χ0n) is 33.1. The van der Waals surface area contributed by atoms with Gasteiger partial charge in [0.05, 0.1) is 0 Å². The third-order valence-electron chi connectivity index (χ3n) is 10.9. The van der Waals surface area contributed by atoms with Gasteiger partial charge in [-0.1, -0.05) is 224 Å². The Morgan fingerprint density at radius 3 is 0.754 bits per heavy atom. The van der Waals surface area contributed by atoms with Gasteiger partial charge >= 0.3 is 0 Å². The summed E-state index contributed by atoms with van der Waals surface area (Å²) < 4.78 is 0. The molecule has 2 aromatic heterocycles. The van der Waals surface area contributed by atoms with Crippen LogP contribution in [-0.2, 0) is 0 Å². The van der Waals surface area contributed by atoms with Crippen molar-refractivity contribution in [3.05, 3.63) is 231 Å².